The molecule has 2 rings (SSSR count). The summed E-state index contributed by atoms with van der Waals surface area (Å²) in [4.78, 5) is 13.8. The summed E-state index contributed by atoms with van der Waals surface area (Å²) in [5, 5.41) is 9.25. The molecule has 0 aliphatic carbocycles. The van der Waals surface area contributed by atoms with E-state index in [1.165, 1.54) is 11.5 Å². The van der Waals surface area contributed by atoms with Crippen LogP contribution in [0.1, 0.15) is 26.5 Å². The average molecular weight is 314 g/mol. The first kappa shape index (κ1) is 16.1. The van der Waals surface area contributed by atoms with Gasteiger partial charge in [0.25, 0.3) is 0 Å². The number of rotatable bonds is 4. The summed E-state index contributed by atoms with van der Waals surface area (Å²) in [5.74, 6) is 0. The predicted octanol–water partition coefficient (Wildman–Crippen LogP) is 1.26. The Hall–Kier alpha value is -1.25. The highest BCUT2D eigenvalue weighted by Crippen LogP contribution is 2.17. The number of nitrogens with one attached hydrogen (secondary N) is 1. The quantitative estimate of drug-likeness (QED) is 0.902. The number of amides is 1. The van der Waals surface area contributed by atoms with Crippen LogP contribution in [0.3, 0.4) is 0 Å². The number of carbonyl (C=O) groups excluding carboxylic acids is 1. The topological polar surface area (TPSA) is 76.6 Å². The van der Waals surface area contributed by atoms with E-state index in [1.807, 2.05) is 26.2 Å². The van der Waals surface area contributed by atoms with Gasteiger partial charge in [-0.2, -0.15) is 0 Å². The maximum Gasteiger partial charge on any atom is 0.410 e. The zero-order chi connectivity index (χ0) is 15.5. The summed E-state index contributed by atoms with van der Waals surface area (Å²) < 4.78 is 14.7. The van der Waals surface area contributed by atoms with Crippen molar-refractivity contribution in [2.45, 2.75) is 45.1 Å². The summed E-state index contributed by atoms with van der Waals surface area (Å²) in [6, 6.07) is 0.0595. The third-order valence-electron chi connectivity index (χ3n) is 3.17. The average Bonchev–Trinajstić information content (AvgIpc) is 3.03. The second-order valence-corrected chi connectivity index (χ2v) is 6.65. The molecule has 1 N–H and O–H groups in total. The van der Waals surface area contributed by atoms with E-state index >= 15 is 0 Å². The van der Waals surface area contributed by atoms with E-state index in [0.29, 0.717) is 19.6 Å². The molecule has 1 saturated heterocycles. The smallest absolute Gasteiger partial charge is 0.410 e. The Labute approximate surface area is 128 Å². The molecular formula is C13H22N4O3S. The summed E-state index contributed by atoms with van der Waals surface area (Å²) in [7, 11) is 1.66. The Kier molecular flexibility index (Phi) is 5.13. The highest BCUT2D eigenvalue weighted by molar-refractivity contribution is 7.03. The molecule has 21 heavy (non-hydrogen) atoms. The van der Waals surface area contributed by atoms with Crippen molar-refractivity contribution in [1.82, 2.24) is 19.8 Å². The van der Waals surface area contributed by atoms with Gasteiger partial charge in [-0.25, -0.2) is 4.79 Å². The lowest BCUT2D eigenvalue weighted by Gasteiger charge is -2.24. The Bertz CT molecular complexity index is 460. The van der Waals surface area contributed by atoms with Crippen molar-refractivity contribution in [2.24, 2.45) is 0 Å². The first-order valence-corrected chi connectivity index (χ1v) is 7.73. The lowest BCUT2D eigenvalue weighted by Crippen LogP contribution is -2.40. The fourth-order valence-corrected chi connectivity index (χ4v) is 2.63. The Morgan fingerprint density at radius 1 is 1.52 bits per heavy atom. The van der Waals surface area contributed by atoms with Gasteiger partial charge in [0.1, 0.15) is 5.60 Å². The Balaban J connectivity index is 1.89. The minimum atomic E-state index is -0.489. The van der Waals surface area contributed by atoms with Crippen LogP contribution in [-0.4, -0.2) is 58.5 Å². The monoisotopic (exact) mass is 314 g/mol. The van der Waals surface area contributed by atoms with Gasteiger partial charge < -0.3 is 19.7 Å². The zero-order valence-corrected chi connectivity index (χ0v) is 13.6. The molecule has 1 unspecified atom stereocenters. The number of hydrogen-bond acceptors (Lipinski definition) is 7. The van der Waals surface area contributed by atoms with Crippen LogP contribution in [0.2, 0.25) is 0 Å². The second-order valence-electron chi connectivity index (χ2n) is 6.04. The maximum absolute atomic E-state index is 12.1. The van der Waals surface area contributed by atoms with Gasteiger partial charge in [-0.1, -0.05) is 4.49 Å². The molecule has 1 aromatic rings. The van der Waals surface area contributed by atoms with E-state index in [9.17, 15) is 4.79 Å². The Morgan fingerprint density at radius 3 is 2.86 bits per heavy atom. The van der Waals surface area contributed by atoms with Crippen LogP contribution in [0.25, 0.3) is 0 Å². The SMILES string of the molecule is CO[C@H]1CN(C(=O)OC(C)(C)C)CC1NCc1csnn1. The molecule has 2 atom stereocenters. The van der Waals surface area contributed by atoms with Crippen LogP contribution in [0.15, 0.2) is 5.38 Å². The number of carbonyl (C=O) groups is 1. The standard InChI is InChI=1S/C13H22N4O3S/c1-13(2,3)20-12(18)17-6-10(11(7-17)19-4)14-5-9-8-21-16-15-9/h8,10-11,14H,5-7H2,1-4H3/t10?,11-/m0/s1. The number of aromatic nitrogens is 2. The molecule has 0 bridgehead atoms. The van der Waals surface area contributed by atoms with Crippen molar-refractivity contribution in [3.05, 3.63) is 11.1 Å². The van der Waals surface area contributed by atoms with Crippen molar-refractivity contribution in [3.63, 3.8) is 0 Å². The maximum atomic E-state index is 12.1. The summed E-state index contributed by atoms with van der Waals surface area (Å²) in [6.45, 7) is 7.28. The molecular weight excluding hydrogens is 292 g/mol. The van der Waals surface area contributed by atoms with Crippen LogP contribution in [0.4, 0.5) is 4.79 Å². The van der Waals surface area contributed by atoms with Gasteiger partial charge in [-0.3, -0.25) is 0 Å². The van der Waals surface area contributed by atoms with E-state index in [-0.39, 0.29) is 18.2 Å². The molecule has 1 amide bonds. The van der Waals surface area contributed by atoms with Crippen LogP contribution >= 0.6 is 11.5 Å². The molecule has 8 heteroatoms. The number of nitrogens with zero attached hydrogens (tertiary/aromatic N) is 3. The molecule has 0 spiro atoms. The number of ether oxygens (including phenoxy) is 2. The summed E-state index contributed by atoms with van der Waals surface area (Å²) in [5.41, 5.74) is 0.405. The molecule has 1 fully saturated rings. The van der Waals surface area contributed by atoms with E-state index in [0.717, 1.165) is 5.69 Å². The number of likely N-dealkylation sites (tertiary alicyclic amines) is 1. The third-order valence-corrected chi connectivity index (χ3v) is 3.72. The summed E-state index contributed by atoms with van der Waals surface area (Å²) >= 11 is 1.32. The van der Waals surface area contributed by atoms with Gasteiger partial charge in [0.05, 0.1) is 24.4 Å². The van der Waals surface area contributed by atoms with Crippen molar-refractivity contribution in [2.75, 3.05) is 20.2 Å². The minimum absolute atomic E-state index is 0.0517. The fourth-order valence-electron chi connectivity index (χ4n) is 2.18. The molecule has 1 aliphatic heterocycles. The summed E-state index contributed by atoms with van der Waals surface area (Å²) in [6.07, 6.45) is -0.353. The van der Waals surface area contributed by atoms with Gasteiger partial charge in [0, 0.05) is 25.6 Å². The van der Waals surface area contributed by atoms with E-state index < -0.39 is 5.60 Å². The highest BCUT2D eigenvalue weighted by Gasteiger charge is 2.37. The van der Waals surface area contributed by atoms with Gasteiger partial charge in [0.2, 0.25) is 0 Å². The molecule has 0 radical (unpaired) electrons. The van der Waals surface area contributed by atoms with Gasteiger partial charge in [-0.05, 0) is 32.3 Å². The predicted molar refractivity (Wildman–Crippen MR) is 79.1 cm³/mol. The van der Waals surface area contributed by atoms with E-state index in [4.69, 9.17) is 9.47 Å². The minimum Gasteiger partial charge on any atom is -0.444 e. The molecule has 118 valence electrons. The van der Waals surface area contributed by atoms with Crippen LogP contribution in [0, 0.1) is 0 Å². The van der Waals surface area contributed by atoms with E-state index in [1.54, 1.807) is 12.0 Å². The van der Waals surface area contributed by atoms with Crippen molar-refractivity contribution in [1.29, 1.82) is 0 Å². The van der Waals surface area contributed by atoms with Crippen molar-refractivity contribution in [3.8, 4) is 0 Å². The van der Waals surface area contributed by atoms with Gasteiger partial charge in [0.15, 0.2) is 0 Å². The fraction of sp³-hybridized carbons (Fsp3) is 0.769. The zero-order valence-electron chi connectivity index (χ0n) is 12.8. The van der Waals surface area contributed by atoms with Crippen LogP contribution < -0.4 is 5.32 Å². The lowest BCUT2D eigenvalue weighted by molar-refractivity contribution is 0.0252. The Morgan fingerprint density at radius 2 is 2.29 bits per heavy atom. The van der Waals surface area contributed by atoms with Gasteiger partial charge in [-0.15, -0.1) is 5.10 Å². The number of methoxy groups -OCH3 is 1. The molecule has 7 nitrogen and oxygen atoms in total. The molecule has 1 aromatic heterocycles. The first-order valence-electron chi connectivity index (χ1n) is 6.89. The molecule has 1 aliphatic rings. The first-order chi connectivity index (χ1) is 9.89. The largest absolute Gasteiger partial charge is 0.444 e. The lowest BCUT2D eigenvalue weighted by atomic mass is 10.2. The highest BCUT2D eigenvalue weighted by atomic mass is 32.1. The van der Waals surface area contributed by atoms with E-state index in [2.05, 4.69) is 14.9 Å². The van der Waals surface area contributed by atoms with Crippen LogP contribution in [0.5, 0.6) is 0 Å². The molecule has 0 saturated carbocycles. The van der Waals surface area contributed by atoms with Crippen molar-refractivity contribution < 1.29 is 14.3 Å². The molecule has 0 aromatic carbocycles. The normalized spacial score (nSPS) is 22.6. The second kappa shape index (κ2) is 6.67. The van der Waals surface area contributed by atoms with Crippen molar-refractivity contribution >= 4 is 17.6 Å². The van der Waals surface area contributed by atoms with Gasteiger partial charge >= 0.3 is 6.09 Å². The van der Waals surface area contributed by atoms with Crippen LogP contribution in [-0.2, 0) is 16.0 Å². The number of hydrogen-bond donors (Lipinski definition) is 1. The third kappa shape index (κ3) is 4.62. The molecule has 2 heterocycles.